The molecule has 1 fully saturated rings. The summed E-state index contributed by atoms with van der Waals surface area (Å²) < 4.78 is 10.00. The van der Waals surface area contributed by atoms with Crippen LogP contribution in [0, 0.1) is 5.41 Å². The maximum absolute atomic E-state index is 11.4. The molecule has 0 saturated heterocycles. The van der Waals surface area contributed by atoms with Crippen LogP contribution in [0.25, 0.3) is 10.8 Å². The van der Waals surface area contributed by atoms with Crippen molar-refractivity contribution in [3.63, 3.8) is 0 Å². The Morgan fingerprint density at radius 1 is 1.57 bits per heavy atom. The van der Waals surface area contributed by atoms with Gasteiger partial charge in [0.05, 0.1) is 24.2 Å². The van der Waals surface area contributed by atoms with Crippen LogP contribution in [-0.2, 0) is 15.3 Å². The highest BCUT2D eigenvalue weighted by molar-refractivity contribution is 7.98. The van der Waals surface area contributed by atoms with E-state index in [1.54, 1.807) is 23.1 Å². The van der Waals surface area contributed by atoms with Crippen LogP contribution in [0.2, 0.25) is 0 Å². The fourth-order valence-electron chi connectivity index (χ4n) is 2.10. The minimum Gasteiger partial charge on any atom is -0.469 e. The van der Waals surface area contributed by atoms with Crippen LogP contribution >= 0.6 is 23.1 Å². The Morgan fingerprint density at radius 3 is 3.10 bits per heavy atom. The zero-order valence-corrected chi connectivity index (χ0v) is 13.3. The molecule has 7 heteroatoms. The normalized spacial score (nSPS) is 15.9. The fourth-order valence-corrected chi connectivity index (χ4v) is 3.97. The molecule has 0 spiro atoms. The Bertz CT molecular complexity index is 606. The number of esters is 1. The van der Waals surface area contributed by atoms with Crippen molar-refractivity contribution in [3.05, 3.63) is 23.3 Å². The average molecular weight is 324 g/mol. The van der Waals surface area contributed by atoms with Crippen molar-refractivity contribution in [3.8, 4) is 10.8 Å². The number of hydrogen-bond donors (Lipinski definition) is 0. The van der Waals surface area contributed by atoms with E-state index in [4.69, 9.17) is 9.26 Å². The Labute approximate surface area is 131 Å². The van der Waals surface area contributed by atoms with E-state index >= 15 is 0 Å². The molecule has 3 rings (SSSR count). The monoisotopic (exact) mass is 324 g/mol. The molecule has 5 nitrogen and oxygen atoms in total. The number of carbonyl (C=O) groups is 1. The second-order valence-corrected chi connectivity index (χ2v) is 7.17. The third kappa shape index (κ3) is 3.65. The second kappa shape index (κ2) is 6.19. The van der Waals surface area contributed by atoms with Crippen LogP contribution in [0.5, 0.6) is 0 Å². The highest BCUT2D eigenvalue weighted by Gasteiger charge is 2.44. The zero-order chi connectivity index (χ0) is 14.7. The molecule has 0 N–H and O–H groups in total. The van der Waals surface area contributed by atoms with E-state index in [2.05, 4.69) is 10.1 Å². The largest absolute Gasteiger partial charge is 0.469 e. The van der Waals surface area contributed by atoms with Gasteiger partial charge in [0.2, 0.25) is 0 Å². The summed E-state index contributed by atoms with van der Waals surface area (Å²) in [5, 5.41) is 5.98. The lowest BCUT2D eigenvalue weighted by Gasteiger charge is -2.11. The van der Waals surface area contributed by atoms with Crippen LogP contribution in [0.1, 0.15) is 25.1 Å². The van der Waals surface area contributed by atoms with E-state index in [1.807, 2.05) is 17.5 Å². The number of rotatable bonds is 7. The maximum atomic E-state index is 11.4. The van der Waals surface area contributed by atoms with Gasteiger partial charge in [-0.1, -0.05) is 11.2 Å². The van der Waals surface area contributed by atoms with Crippen LogP contribution < -0.4 is 0 Å². The Balaban J connectivity index is 1.49. The summed E-state index contributed by atoms with van der Waals surface area (Å²) in [7, 11) is 1.44. The average Bonchev–Trinajstić information content (AvgIpc) is 2.93. The summed E-state index contributed by atoms with van der Waals surface area (Å²) in [6, 6.07) is 3.92. The first-order chi connectivity index (χ1) is 10.2. The Morgan fingerprint density at radius 2 is 2.43 bits per heavy atom. The van der Waals surface area contributed by atoms with Crippen LogP contribution in [0.4, 0.5) is 0 Å². The first kappa shape index (κ1) is 14.6. The summed E-state index contributed by atoms with van der Waals surface area (Å²) in [4.78, 5) is 16.7. The van der Waals surface area contributed by atoms with Crippen molar-refractivity contribution in [2.24, 2.45) is 5.41 Å². The SMILES string of the molecule is COC(=O)CC1(CSCc2noc(-c3cccs3)n2)CC1. The third-order valence-electron chi connectivity index (χ3n) is 3.54. The topological polar surface area (TPSA) is 65.2 Å². The number of nitrogens with zero attached hydrogens (tertiary/aromatic N) is 2. The number of thiophene rings is 1. The lowest BCUT2D eigenvalue weighted by Crippen LogP contribution is -2.13. The molecule has 21 heavy (non-hydrogen) atoms. The van der Waals surface area contributed by atoms with Crippen LogP contribution in [0.3, 0.4) is 0 Å². The van der Waals surface area contributed by atoms with Gasteiger partial charge in [-0.15, -0.1) is 11.3 Å². The third-order valence-corrected chi connectivity index (χ3v) is 5.68. The summed E-state index contributed by atoms with van der Waals surface area (Å²) >= 11 is 3.33. The molecule has 112 valence electrons. The van der Waals surface area contributed by atoms with Crippen molar-refractivity contribution in [2.75, 3.05) is 12.9 Å². The molecular formula is C14H16N2O3S2. The Hall–Kier alpha value is -1.34. The quantitative estimate of drug-likeness (QED) is 0.728. The molecule has 1 aliphatic carbocycles. The van der Waals surface area contributed by atoms with Gasteiger partial charge in [-0.05, 0) is 35.5 Å². The highest BCUT2D eigenvalue weighted by Crippen LogP contribution is 2.51. The molecule has 0 amide bonds. The number of thioether (sulfide) groups is 1. The second-order valence-electron chi connectivity index (χ2n) is 5.24. The first-order valence-electron chi connectivity index (χ1n) is 6.72. The molecule has 0 atom stereocenters. The minimum absolute atomic E-state index is 0.118. The maximum Gasteiger partial charge on any atom is 0.306 e. The number of carbonyl (C=O) groups excluding carboxylic acids is 1. The summed E-state index contributed by atoms with van der Waals surface area (Å²) in [5.41, 5.74) is 0.137. The fraction of sp³-hybridized carbons (Fsp3) is 0.500. The van der Waals surface area contributed by atoms with Gasteiger partial charge in [0.1, 0.15) is 0 Å². The van der Waals surface area contributed by atoms with Gasteiger partial charge in [-0.3, -0.25) is 4.79 Å². The summed E-state index contributed by atoms with van der Waals surface area (Å²) in [5.74, 6) is 2.81. The smallest absolute Gasteiger partial charge is 0.306 e. The van der Waals surface area contributed by atoms with Crippen LogP contribution in [0.15, 0.2) is 22.0 Å². The summed E-state index contributed by atoms with van der Waals surface area (Å²) in [6.07, 6.45) is 2.72. The molecular weight excluding hydrogens is 308 g/mol. The molecule has 0 radical (unpaired) electrons. The summed E-state index contributed by atoms with van der Waals surface area (Å²) in [6.45, 7) is 0. The van der Waals surface area contributed by atoms with E-state index in [-0.39, 0.29) is 11.4 Å². The zero-order valence-electron chi connectivity index (χ0n) is 11.7. The van der Waals surface area contributed by atoms with Crippen molar-refractivity contribution in [1.82, 2.24) is 10.1 Å². The molecule has 0 aromatic carbocycles. The van der Waals surface area contributed by atoms with Gasteiger partial charge in [-0.2, -0.15) is 16.7 Å². The van der Waals surface area contributed by atoms with Gasteiger partial charge >= 0.3 is 5.97 Å². The van der Waals surface area contributed by atoms with Crippen molar-refractivity contribution in [1.29, 1.82) is 0 Å². The number of aromatic nitrogens is 2. The lowest BCUT2D eigenvalue weighted by molar-refractivity contribution is -0.141. The van der Waals surface area contributed by atoms with Gasteiger partial charge in [0.25, 0.3) is 5.89 Å². The standard InChI is InChI=1S/C14H16N2O3S2/c1-18-12(17)7-14(4-5-14)9-20-8-11-15-13(19-16-11)10-3-2-6-21-10/h2-3,6H,4-5,7-9H2,1H3. The van der Waals surface area contributed by atoms with E-state index in [0.29, 0.717) is 23.9 Å². The van der Waals surface area contributed by atoms with Gasteiger partial charge in [0.15, 0.2) is 5.82 Å². The molecule has 2 aromatic heterocycles. The number of methoxy groups -OCH3 is 1. The number of hydrogen-bond acceptors (Lipinski definition) is 7. The predicted molar refractivity (Wildman–Crippen MR) is 82.1 cm³/mol. The lowest BCUT2D eigenvalue weighted by atomic mass is 10.1. The van der Waals surface area contributed by atoms with Crippen LogP contribution in [-0.4, -0.2) is 29.0 Å². The van der Waals surface area contributed by atoms with E-state index in [9.17, 15) is 4.79 Å². The van der Waals surface area contributed by atoms with E-state index in [0.717, 1.165) is 23.5 Å². The van der Waals surface area contributed by atoms with Crippen molar-refractivity contribution >= 4 is 29.1 Å². The molecule has 0 bridgehead atoms. The minimum atomic E-state index is -0.118. The van der Waals surface area contributed by atoms with Gasteiger partial charge in [-0.25, -0.2) is 0 Å². The highest BCUT2D eigenvalue weighted by atomic mass is 32.2. The first-order valence-corrected chi connectivity index (χ1v) is 8.75. The van der Waals surface area contributed by atoms with Crippen molar-refractivity contribution in [2.45, 2.75) is 25.0 Å². The molecule has 0 unspecified atom stereocenters. The molecule has 1 aliphatic rings. The van der Waals surface area contributed by atoms with E-state index in [1.165, 1.54) is 7.11 Å². The molecule has 0 aliphatic heterocycles. The van der Waals surface area contributed by atoms with Gasteiger partial charge < -0.3 is 9.26 Å². The molecule has 2 aromatic rings. The number of ether oxygens (including phenoxy) is 1. The Kier molecular flexibility index (Phi) is 4.30. The molecule has 1 saturated carbocycles. The molecule has 2 heterocycles. The van der Waals surface area contributed by atoms with E-state index < -0.39 is 0 Å². The van der Waals surface area contributed by atoms with Gasteiger partial charge in [0, 0.05) is 0 Å². The predicted octanol–water partition coefficient (Wildman–Crippen LogP) is 3.37. The van der Waals surface area contributed by atoms with Crippen molar-refractivity contribution < 1.29 is 14.1 Å².